The van der Waals surface area contributed by atoms with Gasteiger partial charge >= 0.3 is 6.09 Å². The maximum absolute atomic E-state index is 13.8. The maximum atomic E-state index is 13.8. The second kappa shape index (κ2) is 11.8. The zero-order valence-corrected chi connectivity index (χ0v) is 24.6. The van der Waals surface area contributed by atoms with Crippen LogP contribution in [0.3, 0.4) is 0 Å². The van der Waals surface area contributed by atoms with Gasteiger partial charge in [-0.1, -0.05) is 48.5 Å². The highest BCUT2D eigenvalue weighted by Gasteiger charge is 2.39. The summed E-state index contributed by atoms with van der Waals surface area (Å²) in [6, 6.07) is 18.3. The summed E-state index contributed by atoms with van der Waals surface area (Å²) >= 11 is 0. The molecule has 1 aromatic heterocycles. The van der Waals surface area contributed by atoms with Gasteiger partial charge in [0.15, 0.2) is 0 Å². The van der Waals surface area contributed by atoms with Gasteiger partial charge in [0, 0.05) is 43.2 Å². The summed E-state index contributed by atoms with van der Waals surface area (Å²) < 4.78 is 34.7. The fraction of sp³-hybridized carbons (Fsp3) is 0.452. The molecule has 2 fully saturated rings. The van der Waals surface area contributed by atoms with Gasteiger partial charge in [0.25, 0.3) is 0 Å². The van der Waals surface area contributed by atoms with Crippen molar-refractivity contribution in [3.05, 3.63) is 72.4 Å². The second-order valence-electron chi connectivity index (χ2n) is 11.9. The number of hydrogen-bond acceptors (Lipinski definition) is 6. The lowest BCUT2D eigenvalue weighted by Gasteiger charge is -2.43. The quantitative estimate of drug-likeness (QED) is 0.462. The average molecular weight is 579 g/mol. The first-order valence-corrected chi connectivity index (χ1v) is 15.7. The molecule has 10 heteroatoms. The Morgan fingerprint density at radius 3 is 2.34 bits per heavy atom. The highest BCUT2D eigenvalue weighted by molar-refractivity contribution is 7.89. The van der Waals surface area contributed by atoms with Crippen molar-refractivity contribution in [2.45, 2.75) is 69.0 Å². The minimum absolute atomic E-state index is 0.0581. The molecule has 9 nitrogen and oxygen atoms in total. The number of pyridine rings is 1. The van der Waals surface area contributed by atoms with Gasteiger partial charge in [0.1, 0.15) is 10.5 Å². The first kappa shape index (κ1) is 29.0. The van der Waals surface area contributed by atoms with Gasteiger partial charge in [0.05, 0.1) is 11.6 Å². The molecular formula is C31H38N4O5S. The Morgan fingerprint density at radius 2 is 1.63 bits per heavy atom. The maximum Gasteiger partial charge on any atom is 0.410 e. The zero-order chi connectivity index (χ0) is 29.2. The monoisotopic (exact) mass is 578 g/mol. The molecule has 1 atom stereocenters. The van der Waals surface area contributed by atoms with Gasteiger partial charge in [-0.05, 0) is 64.2 Å². The number of benzene rings is 2. The van der Waals surface area contributed by atoms with Crippen LogP contribution in [0.15, 0.2) is 71.8 Å². The Bertz CT molecular complexity index is 1500. The Morgan fingerprint density at radius 1 is 0.951 bits per heavy atom. The van der Waals surface area contributed by atoms with Gasteiger partial charge < -0.3 is 14.5 Å². The van der Waals surface area contributed by atoms with Crippen molar-refractivity contribution in [2.75, 3.05) is 19.6 Å². The van der Waals surface area contributed by atoms with Gasteiger partial charge in [-0.25, -0.2) is 17.9 Å². The van der Waals surface area contributed by atoms with Crippen LogP contribution in [0.25, 0.3) is 10.9 Å². The summed E-state index contributed by atoms with van der Waals surface area (Å²) in [5.74, 6) is -0.139. The van der Waals surface area contributed by atoms with E-state index in [1.54, 1.807) is 11.0 Å². The molecule has 0 unspecified atom stereocenters. The Labute approximate surface area is 241 Å². The summed E-state index contributed by atoms with van der Waals surface area (Å²) in [5.41, 5.74) is 1.11. The molecule has 41 heavy (non-hydrogen) atoms. The molecule has 3 aromatic rings. The largest absolute Gasteiger partial charge is 0.444 e. The van der Waals surface area contributed by atoms with E-state index in [0.717, 1.165) is 16.5 Å². The predicted molar refractivity (Wildman–Crippen MR) is 157 cm³/mol. The van der Waals surface area contributed by atoms with Crippen LogP contribution < -0.4 is 4.72 Å². The van der Waals surface area contributed by atoms with Crippen LogP contribution in [0.2, 0.25) is 0 Å². The van der Waals surface area contributed by atoms with E-state index >= 15 is 0 Å². The number of para-hydroxylation sites is 1. The molecule has 2 aromatic carbocycles. The number of nitrogens with one attached hydrogen (secondary N) is 1. The van der Waals surface area contributed by atoms with E-state index in [1.165, 1.54) is 6.20 Å². The lowest BCUT2D eigenvalue weighted by atomic mass is 9.85. The highest BCUT2D eigenvalue weighted by Crippen LogP contribution is 2.33. The molecule has 0 radical (unpaired) electrons. The summed E-state index contributed by atoms with van der Waals surface area (Å²) in [4.78, 5) is 34.7. The normalized spacial score (nSPS) is 22.0. The third-order valence-electron chi connectivity index (χ3n) is 7.77. The number of carbonyl (C=O) groups is 2. The molecule has 218 valence electrons. The predicted octanol–water partition coefficient (Wildman–Crippen LogP) is 4.89. The van der Waals surface area contributed by atoms with Crippen LogP contribution in [0, 0.1) is 5.92 Å². The minimum atomic E-state index is -3.74. The smallest absolute Gasteiger partial charge is 0.410 e. The lowest BCUT2D eigenvalue weighted by molar-refractivity contribution is -0.142. The topological polar surface area (TPSA) is 109 Å². The molecule has 1 saturated carbocycles. The van der Waals surface area contributed by atoms with E-state index in [4.69, 9.17) is 4.74 Å². The van der Waals surface area contributed by atoms with Crippen LogP contribution in [0.4, 0.5) is 4.79 Å². The first-order valence-electron chi connectivity index (χ1n) is 14.2. The van der Waals surface area contributed by atoms with Gasteiger partial charge in [-0.2, -0.15) is 0 Å². The number of piperazine rings is 1. The zero-order valence-electron chi connectivity index (χ0n) is 23.8. The van der Waals surface area contributed by atoms with Crippen LogP contribution in [-0.4, -0.2) is 66.5 Å². The molecule has 2 aliphatic rings. The number of aromatic nitrogens is 1. The molecule has 2 heterocycles. The molecule has 1 saturated heterocycles. The molecule has 5 rings (SSSR count). The minimum Gasteiger partial charge on any atom is -0.444 e. The van der Waals surface area contributed by atoms with E-state index in [9.17, 15) is 18.0 Å². The van der Waals surface area contributed by atoms with Crippen molar-refractivity contribution in [1.82, 2.24) is 19.5 Å². The summed E-state index contributed by atoms with van der Waals surface area (Å²) in [6.45, 7) is 6.70. The molecule has 1 N–H and O–H groups in total. The SMILES string of the molecule is CC(C)(C)OC(=O)N1CCN(C(=O)[C@H]2CC[C@H](NS(=O)(=O)c3cnc4ccccc4c3)CC2)[C@@H](c2ccccc2)C1. The Balaban J connectivity index is 1.23. The fourth-order valence-electron chi connectivity index (χ4n) is 5.68. The van der Waals surface area contributed by atoms with Crippen molar-refractivity contribution in [2.24, 2.45) is 5.92 Å². The van der Waals surface area contributed by atoms with E-state index in [1.807, 2.05) is 80.3 Å². The number of ether oxygens (including phenoxy) is 1. The van der Waals surface area contributed by atoms with E-state index in [-0.39, 0.29) is 34.9 Å². The lowest BCUT2D eigenvalue weighted by Crippen LogP contribution is -2.54. The van der Waals surface area contributed by atoms with E-state index in [0.29, 0.717) is 45.3 Å². The third kappa shape index (κ3) is 6.87. The standard InChI is InChI=1S/C31H38N4O5S/c1-31(2,3)40-30(37)34-17-18-35(28(21-34)22-9-5-4-6-10-22)29(36)23-13-15-25(16-14-23)33-41(38,39)26-19-24-11-7-8-12-27(24)32-20-26/h4-12,19-20,23,25,28,33H,13-18,21H2,1-3H3/t23-,25-,28-/m1/s1. The molecule has 0 bridgehead atoms. The summed E-state index contributed by atoms with van der Waals surface area (Å²) in [7, 11) is -3.74. The van der Waals surface area contributed by atoms with Gasteiger partial charge in [-0.3, -0.25) is 9.78 Å². The Hall–Kier alpha value is -3.50. The van der Waals surface area contributed by atoms with Crippen LogP contribution >= 0.6 is 0 Å². The number of sulfonamides is 1. The number of rotatable bonds is 5. The average Bonchev–Trinajstić information content (AvgIpc) is 2.96. The number of fused-ring (bicyclic) bond motifs is 1. The van der Waals surface area contributed by atoms with Crippen molar-refractivity contribution < 1.29 is 22.7 Å². The Kier molecular flexibility index (Phi) is 8.33. The number of hydrogen-bond donors (Lipinski definition) is 1. The molecular weight excluding hydrogens is 540 g/mol. The van der Waals surface area contributed by atoms with Gasteiger partial charge in [0.2, 0.25) is 15.9 Å². The van der Waals surface area contributed by atoms with Gasteiger partial charge in [-0.15, -0.1) is 0 Å². The number of carbonyl (C=O) groups excluding carboxylic acids is 2. The molecule has 0 spiro atoms. The number of nitrogens with zero attached hydrogens (tertiary/aromatic N) is 3. The van der Waals surface area contributed by atoms with Crippen LogP contribution in [-0.2, 0) is 19.6 Å². The van der Waals surface area contributed by atoms with Crippen LogP contribution in [0.1, 0.15) is 58.1 Å². The first-order chi connectivity index (χ1) is 19.5. The summed E-state index contributed by atoms with van der Waals surface area (Å²) in [6.07, 6.45) is 3.35. The third-order valence-corrected chi connectivity index (χ3v) is 9.26. The van der Waals surface area contributed by atoms with Crippen molar-refractivity contribution in [1.29, 1.82) is 0 Å². The van der Waals surface area contributed by atoms with Crippen molar-refractivity contribution in [3.63, 3.8) is 0 Å². The highest BCUT2D eigenvalue weighted by atomic mass is 32.2. The summed E-state index contributed by atoms with van der Waals surface area (Å²) in [5, 5.41) is 0.768. The molecule has 1 aliphatic heterocycles. The van der Waals surface area contributed by atoms with Crippen LogP contribution in [0.5, 0.6) is 0 Å². The molecule has 1 aliphatic carbocycles. The van der Waals surface area contributed by atoms with E-state index in [2.05, 4.69) is 9.71 Å². The van der Waals surface area contributed by atoms with E-state index < -0.39 is 15.6 Å². The number of amides is 2. The van der Waals surface area contributed by atoms with Crippen molar-refractivity contribution >= 4 is 32.9 Å². The molecule has 2 amide bonds. The fourth-order valence-corrected chi connectivity index (χ4v) is 6.96. The van der Waals surface area contributed by atoms with Crippen molar-refractivity contribution in [3.8, 4) is 0 Å². The second-order valence-corrected chi connectivity index (χ2v) is 13.6.